The van der Waals surface area contributed by atoms with Gasteiger partial charge in [0.05, 0.1) is 6.61 Å². The van der Waals surface area contributed by atoms with Crippen LogP contribution in [-0.4, -0.2) is 17.6 Å². The fourth-order valence-electron chi connectivity index (χ4n) is 1.99. The molecule has 0 spiro atoms. The number of aryl methyl sites for hydroxylation is 1. The van der Waals surface area contributed by atoms with Gasteiger partial charge in [0, 0.05) is 38.5 Å². The molecule has 0 unspecified atom stereocenters. The van der Waals surface area contributed by atoms with Crippen LogP contribution in [0.25, 0.3) is 0 Å². The highest BCUT2D eigenvalue weighted by molar-refractivity contribution is 5.93. The van der Waals surface area contributed by atoms with Gasteiger partial charge >= 0.3 is 0 Å². The van der Waals surface area contributed by atoms with Gasteiger partial charge in [-0.1, -0.05) is 24.3 Å². The highest BCUT2D eigenvalue weighted by Gasteiger charge is 2.08. The van der Waals surface area contributed by atoms with E-state index in [2.05, 4.69) is 5.32 Å². The molecule has 110 valence electrons. The first-order valence-electron chi connectivity index (χ1n) is 6.62. The summed E-state index contributed by atoms with van der Waals surface area (Å²) >= 11 is 0. The molecule has 0 aliphatic rings. The van der Waals surface area contributed by atoms with Crippen LogP contribution in [0, 0.1) is 0 Å². The molecule has 1 aromatic heterocycles. The number of nitrogens with zero attached hydrogens (tertiary/aromatic N) is 1. The molecular weight excluding hydrogens is 268 g/mol. The van der Waals surface area contributed by atoms with Crippen LogP contribution in [0.1, 0.15) is 21.5 Å². The van der Waals surface area contributed by atoms with Crippen molar-refractivity contribution in [1.82, 2.24) is 9.88 Å². The minimum atomic E-state index is -0.264. The molecule has 1 amide bonds. The largest absolute Gasteiger partial charge is 0.380 e. The Morgan fingerprint density at radius 3 is 2.62 bits per heavy atom. The second-order valence-corrected chi connectivity index (χ2v) is 4.75. The minimum absolute atomic E-state index is 0.206. The third kappa shape index (κ3) is 3.79. The molecule has 5 nitrogen and oxygen atoms in total. The van der Waals surface area contributed by atoms with Gasteiger partial charge < -0.3 is 14.6 Å². The number of carbonyl (C=O) groups excluding carboxylic acids is 1. The van der Waals surface area contributed by atoms with E-state index in [0.29, 0.717) is 18.7 Å². The molecule has 0 radical (unpaired) electrons. The number of carbonyl (C=O) groups is 1. The third-order valence-electron chi connectivity index (χ3n) is 3.22. The van der Waals surface area contributed by atoms with Crippen LogP contribution in [0.15, 0.2) is 47.4 Å². The van der Waals surface area contributed by atoms with Gasteiger partial charge in [-0.2, -0.15) is 0 Å². The van der Waals surface area contributed by atoms with Crippen LogP contribution in [0.3, 0.4) is 0 Å². The van der Waals surface area contributed by atoms with E-state index in [9.17, 15) is 9.59 Å². The quantitative estimate of drug-likeness (QED) is 0.905. The number of benzene rings is 1. The number of hydrogen-bond donors (Lipinski definition) is 1. The molecule has 5 heteroatoms. The Balaban J connectivity index is 2.07. The van der Waals surface area contributed by atoms with E-state index in [-0.39, 0.29) is 11.5 Å². The van der Waals surface area contributed by atoms with E-state index in [0.717, 1.165) is 11.1 Å². The van der Waals surface area contributed by atoms with E-state index in [4.69, 9.17) is 4.74 Å². The van der Waals surface area contributed by atoms with Gasteiger partial charge in [-0.25, -0.2) is 0 Å². The van der Waals surface area contributed by atoms with Crippen molar-refractivity contribution in [3.63, 3.8) is 0 Å². The maximum absolute atomic E-state index is 12.1. The van der Waals surface area contributed by atoms with Crippen LogP contribution in [0.2, 0.25) is 0 Å². The number of pyridine rings is 1. The summed E-state index contributed by atoms with van der Waals surface area (Å²) < 4.78 is 6.55. The summed E-state index contributed by atoms with van der Waals surface area (Å²) in [6.45, 7) is 0.894. The second kappa shape index (κ2) is 6.85. The molecule has 21 heavy (non-hydrogen) atoms. The van der Waals surface area contributed by atoms with Gasteiger partial charge in [0.2, 0.25) is 0 Å². The lowest BCUT2D eigenvalue weighted by molar-refractivity contribution is 0.0950. The Morgan fingerprint density at radius 2 is 1.95 bits per heavy atom. The topological polar surface area (TPSA) is 60.3 Å². The van der Waals surface area contributed by atoms with Gasteiger partial charge in [-0.3, -0.25) is 9.59 Å². The Hall–Kier alpha value is -2.40. The average Bonchev–Trinajstić information content (AvgIpc) is 2.49. The molecule has 0 fully saturated rings. The lowest BCUT2D eigenvalue weighted by atomic mass is 10.1. The smallest absolute Gasteiger partial charge is 0.251 e. The predicted molar refractivity (Wildman–Crippen MR) is 80.0 cm³/mol. The van der Waals surface area contributed by atoms with Gasteiger partial charge in [0.1, 0.15) is 0 Å². The lowest BCUT2D eigenvalue weighted by Crippen LogP contribution is -2.26. The summed E-state index contributed by atoms with van der Waals surface area (Å²) in [7, 11) is 3.28. The highest BCUT2D eigenvalue weighted by atomic mass is 16.5. The van der Waals surface area contributed by atoms with Gasteiger partial charge in [0.15, 0.2) is 0 Å². The molecule has 1 N–H and O–H groups in total. The Bertz CT molecular complexity index is 692. The maximum atomic E-state index is 12.1. The number of nitrogens with one attached hydrogen (secondary N) is 1. The predicted octanol–water partition coefficient (Wildman–Crippen LogP) is 1.46. The maximum Gasteiger partial charge on any atom is 0.251 e. The summed E-state index contributed by atoms with van der Waals surface area (Å²) in [5.74, 6) is -0.264. The van der Waals surface area contributed by atoms with Crippen LogP contribution in [0.4, 0.5) is 0 Å². The van der Waals surface area contributed by atoms with Crippen molar-refractivity contribution >= 4 is 5.91 Å². The Kier molecular flexibility index (Phi) is 4.90. The number of aromatic nitrogens is 1. The standard InChI is InChI=1S/C16H18N2O3/c1-18-8-7-12(9-15(18)19)16(20)17-10-13-5-3-4-6-14(13)11-21-2/h3-9H,10-11H2,1-2H3,(H,17,20). The van der Waals surface area contributed by atoms with Crippen LogP contribution in [-0.2, 0) is 24.9 Å². The molecule has 0 atom stereocenters. The average molecular weight is 286 g/mol. The molecule has 2 rings (SSSR count). The van der Waals surface area contributed by atoms with Crippen LogP contribution in [0.5, 0.6) is 0 Å². The van der Waals surface area contributed by atoms with Crippen LogP contribution < -0.4 is 10.9 Å². The van der Waals surface area contributed by atoms with Crippen molar-refractivity contribution in [3.8, 4) is 0 Å². The van der Waals surface area contributed by atoms with E-state index in [1.54, 1.807) is 26.4 Å². The molecule has 0 saturated heterocycles. The summed E-state index contributed by atoms with van der Waals surface area (Å²) in [6, 6.07) is 10.7. The van der Waals surface area contributed by atoms with E-state index < -0.39 is 0 Å². The molecule has 0 aliphatic carbocycles. The van der Waals surface area contributed by atoms with Crippen molar-refractivity contribution in [2.75, 3.05) is 7.11 Å². The Labute approximate surface area is 123 Å². The lowest BCUT2D eigenvalue weighted by Gasteiger charge is -2.10. The van der Waals surface area contributed by atoms with Crippen molar-refractivity contribution in [3.05, 3.63) is 69.6 Å². The minimum Gasteiger partial charge on any atom is -0.380 e. The number of rotatable bonds is 5. The molecule has 1 heterocycles. The van der Waals surface area contributed by atoms with Crippen molar-refractivity contribution in [1.29, 1.82) is 0 Å². The SMILES string of the molecule is COCc1ccccc1CNC(=O)c1ccn(C)c(=O)c1. The number of amides is 1. The molecule has 0 aliphatic heterocycles. The summed E-state index contributed by atoms with van der Waals surface area (Å²) in [5, 5.41) is 2.82. The number of ether oxygens (including phenoxy) is 1. The highest BCUT2D eigenvalue weighted by Crippen LogP contribution is 2.09. The summed E-state index contributed by atoms with van der Waals surface area (Å²) in [5.41, 5.74) is 2.19. The number of hydrogen-bond acceptors (Lipinski definition) is 3. The zero-order chi connectivity index (χ0) is 15.2. The van der Waals surface area contributed by atoms with Gasteiger partial charge in [-0.15, -0.1) is 0 Å². The van der Waals surface area contributed by atoms with E-state index in [1.165, 1.54) is 10.6 Å². The first-order chi connectivity index (χ1) is 10.1. The monoisotopic (exact) mass is 286 g/mol. The van der Waals surface area contributed by atoms with Crippen LogP contribution >= 0.6 is 0 Å². The number of methoxy groups -OCH3 is 1. The van der Waals surface area contributed by atoms with Crippen molar-refractivity contribution in [2.45, 2.75) is 13.2 Å². The summed E-state index contributed by atoms with van der Waals surface area (Å²) in [6.07, 6.45) is 1.58. The van der Waals surface area contributed by atoms with E-state index >= 15 is 0 Å². The zero-order valence-corrected chi connectivity index (χ0v) is 12.1. The first-order valence-corrected chi connectivity index (χ1v) is 6.62. The zero-order valence-electron chi connectivity index (χ0n) is 12.1. The third-order valence-corrected chi connectivity index (χ3v) is 3.22. The van der Waals surface area contributed by atoms with Gasteiger partial charge in [0.25, 0.3) is 11.5 Å². The molecule has 1 aromatic carbocycles. The molecule has 0 bridgehead atoms. The van der Waals surface area contributed by atoms with Crippen molar-refractivity contribution in [2.24, 2.45) is 7.05 Å². The van der Waals surface area contributed by atoms with E-state index in [1.807, 2.05) is 24.3 Å². The first kappa shape index (κ1) is 15.0. The molecule has 0 saturated carbocycles. The fraction of sp³-hybridized carbons (Fsp3) is 0.250. The second-order valence-electron chi connectivity index (χ2n) is 4.75. The fourth-order valence-corrected chi connectivity index (χ4v) is 1.99. The van der Waals surface area contributed by atoms with Crippen molar-refractivity contribution < 1.29 is 9.53 Å². The molecular formula is C16H18N2O3. The van der Waals surface area contributed by atoms with Gasteiger partial charge in [-0.05, 0) is 17.2 Å². The normalized spacial score (nSPS) is 10.4. The Morgan fingerprint density at radius 1 is 1.24 bits per heavy atom. The summed E-state index contributed by atoms with van der Waals surface area (Å²) in [4.78, 5) is 23.6. The molecule has 2 aromatic rings.